The topological polar surface area (TPSA) is 63.2 Å². The molecule has 2 heterocycles. The molecule has 0 saturated carbocycles. The quantitative estimate of drug-likeness (QED) is 0.478. The zero-order valence-electron chi connectivity index (χ0n) is 15.2. The summed E-state index contributed by atoms with van der Waals surface area (Å²) in [6.45, 7) is 1.16. The summed E-state index contributed by atoms with van der Waals surface area (Å²) >= 11 is 0. The first-order valence-corrected chi connectivity index (χ1v) is 9.05. The van der Waals surface area contributed by atoms with E-state index < -0.39 is 0 Å². The number of benzene rings is 2. The highest BCUT2D eigenvalue weighted by Gasteiger charge is 2.14. The smallest absolute Gasteiger partial charge is 0.154 e. The van der Waals surface area contributed by atoms with E-state index in [9.17, 15) is 4.39 Å². The highest BCUT2D eigenvalue weighted by molar-refractivity contribution is 5.65. The lowest BCUT2D eigenvalue weighted by molar-refractivity contribution is 0.292. The molecule has 0 aliphatic carbocycles. The van der Waals surface area contributed by atoms with E-state index >= 15 is 0 Å². The molecule has 142 valence electrons. The van der Waals surface area contributed by atoms with Gasteiger partial charge in [-0.1, -0.05) is 24.3 Å². The molecule has 0 radical (unpaired) electrons. The van der Waals surface area contributed by atoms with Gasteiger partial charge in [-0.15, -0.1) is 0 Å². The highest BCUT2D eigenvalue weighted by Crippen LogP contribution is 2.26. The molecule has 0 aliphatic rings. The second-order valence-corrected chi connectivity index (χ2v) is 6.38. The average Bonchev–Trinajstić information content (AvgIpc) is 3.39. The molecule has 0 bridgehead atoms. The van der Waals surface area contributed by atoms with E-state index in [-0.39, 0.29) is 12.4 Å². The van der Waals surface area contributed by atoms with Crippen molar-refractivity contribution in [3.8, 4) is 28.3 Å². The van der Waals surface area contributed by atoms with Crippen LogP contribution in [-0.2, 0) is 6.54 Å². The summed E-state index contributed by atoms with van der Waals surface area (Å²) in [5, 5.41) is 16.9. The summed E-state index contributed by atoms with van der Waals surface area (Å²) in [5.74, 6) is 0.451. The minimum Gasteiger partial charge on any atom is -0.463 e. The lowest BCUT2D eigenvalue weighted by Crippen LogP contribution is -2.17. The first-order valence-electron chi connectivity index (χ1n) is 9.05. The van der Waals surface area contributed by atoms with Crippen molar-refractivity contribution < 1.29 is 13.9 Å². The van der Waals surface area contributed by atoms with Crippen LogP contribution in [0.25, 0.3) is 28.3 Å². The van der Waals surface area contributed by atoms with Crippen LogP contribution in [0.4, 0.5) is 4.39 Å². The van der Waals surface area contributed by atoms with Crippen molar-refractivity contribution in [3.63, 3.8) is 0 Å². The monoisotopic (exact) mass is 377 g/mol. The minimum atomic E-state index is -0.246. The van der Waals surface area contributed by atoms with Gasteiger partial charge >= 0.3 is 0 Å². The zero-order valence-corrected chi connectivity index (χ0v) is 15.2. The fourth-order valence-corrected chi connectivity index (χ4v) is 3.04. The van der Waals surface area contributed by atoms with Crippen LogP contribution in [0.1, 0.15) is 5.56 Å². The van der Waals surface area contributed by atoms with E-state index in [0.29, 0.717) is 18.8 Å². The number of aliphatic hydroxyl groups is 1. The van der Waals surface area contributed by atoms with Gasteiger partial charge in [0, 0.05) is 24.8 Å². The predicted octanol–water partition coefficient (Wildman–Crippen LogP) is 4.02. The van der Waals surface area contributed by atoms with Crippen LogP contribution >= 0.6 is 0 Å². The van der Waals surface area contributed by atoms with Crippen molar-refractivity contribution in [1.82, 2.24) is 15.1 Å². The number of hydrogen-bond donors (Lipinski definition) is 2. The molecule has 6 heteroatoms. The Bertz CT molecular complexity index is 1020. The number of nitrogens with zero attached hydrogens (tertiary/aromatic N) is 2. The number of aliphatic hydroxyl groups excluding tert-OH is 1. The molecule has 2 N–H and O–H groups in total. The molecule has 28 heavy (non-hydrogen) atoms. The molecule has 2 aromatic carbocycles. The van der Waals surface area contributed by atoms with E-state index in [1.807, 2.05) is 47.3 Å². The summed E-state index contributed by atoms with van der Waals surface area (Å²) in [4.78, 5) is 0. The fraction of sp³-hybridized carbons (Fsp3) is 0.136. The number of nitrogens with one attached hydrogen (secondary N) is 1. The molecular formula is C22H20FN3O2. The van der Waals surface area contributed by atoms with Crippen molar-refractivity contribution in [2.45, 2.75) is 6.54 Å². The number of hydrogen-bond acceptors (Lipinski definition) is 4. The van der Waals surface area contributed by atoms with Crippen LogP contribution in [0.2, 0.25) is 0 Å². The highest BCUT2D eigenvalue weighted by atomic mass is 19.1. The largest absolute Gasteiger partial charge is 0.463 e. The SMILES string of the molecule is OCCNCc1cn(-c2ccc(-c3ccc(F)cc3)cc2)nc1-c1ccco1. The Kier molecular flexibility index (Phi) is 5.32. The summed E-state index contributed by atoms with van der Waals surface area (Å²) in [7, 11) is 0. The molecule has 0 saturated heterocycles. The van der Waals surface area contributed by atoms with Gasteiger partial charge in [0.15, 0.2) is 5.76 Å². The van der Waals surface area contributed by atoms with Gasteiger partial charge in [0.1, 0.15) is 11.5 Å². The summed E-state index contributed by atoms with van der Waals surface area (Å²) in [6, 6.07) is 18.1. The van der Waals surface area contributed by atoms with Gasteiger partial charge in [-0.05, 0) is 47.5 Å². The minimum absolute atomic E-state index is 0.0784. The van der Waals surface area contributed by atoms with Gasteiger partial charge < -0.3 is 14.8 Å². The Morgan fingerprint density at radius 1 is 1.00 bits per heavy atom. The molecule has 0 amide bonds. The Morgan fingerprint density at radius 2 is 1.71 bits per heavy atom. The Balaban J connectivity index is 1.63. The van der Waals surface area contributed by atoms with Crippen LogP contribution < -0.4 is 5.32 Å². The van der Waals surface area contributed by atoms with Crippen molar-refractivity contribution >= 4 is 0 Å². The molecule has 4 aromatic rings. The molecule has 0 aliphatic heterocycles. The summed E-state index contributed by atoms with van der Waals surface area (Å²) < 4.78 is 20.4. The number of aromatic nitrogens is 2. The van der Waals surface area contributed by atoms with Gasteiger partial charge in [0.25, 0.3) is 0 Å². The van der Waals surface area contributed by atoms with Gasteiger partial charge in [-0.2, -0.15) is 5.10 Å². The van der Waals surface area contributed by atoms with E-state index in [2.05, 4.69) is 10.4 Å². The first-order chi connectivity index (χ1) is 13.7. The number of rotatable bonds is 7. The Labute approximate surface area is 162 Å². The maximum Gasteiger partial charge on any atom is 0.154 e. The Hall–Kier alpha value is -3.22. The van der Waals surface area contributed by atoms with Crippen LogP contribution in [0.15, 0.2) is 77.5 Å². The zero-order chi connectivity index (χ0) is 19.3. The standard InChI is InChI=1S/C22H20FN3O2/c23-19-7-3-16(4-8-19)17-5-9-20(10-6-17)26-15-18(14-24-11-12-27)22(25-26)21-2-1-13-28-21/h1-10,13,15,24,27H,11-12,14H2. The van der Waals surface area contributed by atoms with E-state index in [4.69, 9.17) is 9.52 Å². The van der Waals surface area contributed by atoms with E-state index in [1.54, 1.807) is 18.4 Å². The van der Waals surface area contributed by atoms with E-state index in [0.717, 1.165) is 28.1 Å². The van der Waals surface area contributed by atoms with Crippen LogP contribution in [0, 0.1) is 5.82 Å². The molecule has 4 rings (SSSR count). The van der Waals surface area contributed by atoms with Gasteiger partial charge in [-0.25, -0.2) is 9.07 Å². The van der Waals surface area contributed by atoms with Crippen molar-refractivity contribution in [2.24, 2.45) is 0 Å². The summed E-state index contributed by atoms with van der Waals surface area (Å²) in [5.41, 5.74) is 4.61. The van der Waals surface area contributed by atoms with Crippen molar-refractivity contribution in [2.75, 3.05) is 13.2 Å². The van der Waals surface area contributed by atoms with Crippen molar-refractivity contribution in [1.29, 1.82) is 0 Å². The first kappa shape index (κ1) is 18.2. The molecule has 5 nitrogen and oxygen atoms in total. The lowest BCUT2D eigenvalue weighted by atomic mass is 10.1. The van der Waals surface area contributed by atoms with Gasteiger partial charge in [0.05, 0.1) is 18.6 Å². The molecule has 0 atom stereocenters. The third-order valence-corrected chi connectivity index (χ3v) is 4.46. The third-order valence-electron chi connectivity index (χ3n) is 4.46. The van der Waals surface area contributed by atoms with Crippen LogP contribution in [-0.4, -0.2) is 28.0 Å². The van der Waals surface area contributed by atoms with Crippen LogP contribution in [0.3, 0.4) is 0 Å². The van der Waals surface area contributed by atoms with E-state index in [1.165, 1.54) is 12.1 Å². The Morgan fingerprint density at radius 3 is 2.36 bits per heavy atom. The fourth-order valence-electron chi connectivity index (χ4n) is 3.04. The molecular weight excluding hydrogens is 357 g/mol. The maximum atomic E-state index is 13.1. The van der Waals surface area contributed by atoms with Crippen LogP contribution in [0.5, 0.6) is 0 Å². The molecule has 2 aromatic heterocycles. The molecule has 0 spiro atoms. The lowest BCUT2D eigenvalue weighted by Gasteiger charge is -2.05. The average molecular weight is 377 g/mol. The summed E-state index contributed by atoms with van der Waals surface area (Å²) in [6.07, 6.45) is 3.58. The van der Waals surface area contributed by atoms with Gasteiger partial charge in [-0.3, -0.25) is 0 Å². The molecule has 0 fully saturated rings. The number of furan rings is 1. The number of halogens is 1. The maximum absolute atomic E-state index is 13.1. The third kappa shape index (κ3) is 3.88. The van der Waals surface area contributed by atoms with Gasteiger partial charge in [0.2, 0.25) is 0 Å². The molecule has 0 unspecified atom stereocenters. The normalized spacial score (nSPS) is 11.1. The van der Waals surface area contributed by atoms with Crippen molar-refractivity contribution in [3.05, 3.63) is 84.5 Å². The second kappa shape index (κ2) is 8.21. The predicted molar refractivity (Wildman–Crippen MR) is 105 cm³/mol. The second-order valence-electron chi connectivity index (χ2n) is 6.38.